The van der Waals surface area contributed by atoms with Crippen molar-refractivity contribution >= 4 is 55.8 Å². The lowest BCUT2D eigenvalue weighted by Crippen LogP contribution is -2.22. The van der Waals surface area contributed by atoms with E-state index in [0.717, 1.165) is 43.3 Å². The van der Waals surface area contributed by atoms with Crippen LogP contribution in [-0.2, 0) is 13.1 Å². The molecule has 0 aliphatic heterocycles. The average Bonchev–Trinajstić information content (AvgIpc) is 2.72. The first-order valence-electron chi connectivity index (χ1n) is 8.65. The molecule has 0 radical (unpaired) electrons. The number of anilines is 1. The first kappa shape index (κ1) is 21.3. The van der Waals surface area contributed by atoms with Gasteiger partial charge in [0.05, 0.1) is 19.2 Å². The molecule has 0 saturated heterocycles. The van der Waals surface area contributed by atoms with Gasteiger partial charge in [-0.15, -0.1) is 0 Å². The Bertz CT molecular complexity index is 860. The van der Waals surface area contributed by atoms with Gasteiger partial charge in [-0.3, -0.25) is 0 Å². The molecule has 146 valence electrons. The zero-order valence-electron chi connectivity index (χ0n) is 15.6. The van der Waals surface area contributed by atoms with Gasteiger partial charge in [0.25, 0.3) is 0 Å². The van der Waals surface area contributed by atoms with Crippen molar-refractivity contribution in [3.63, 3.8) is 0 Å². The summed E-state index contributed by atoms with van der Waals surface area (Å²) in [4.78, 5) is 2.30. The summed E-state index contributed by atoms with van der Waals surface area (Å²) in [5.74, 6) is 1.70. The molecule has 3 aromatic carbocycles. The third-order valence-corrected chi connectivity index (χ3v) is 7.54. The van der Waals surface area contributed by atoms with Crippen LogP contribution >= 0.6 is 50.1 Å². The number of nitrogens with zero attached hydrogens (tertiary/aromatic N) is 1. The van der Waals surface area contributed by atoms with Gasteiger partial charge in [0.2, 0.25) is 0 Å². The van der Waals surface area contributed by atoms with Crippen LogP contribution in [0.25, 0.3) is 0 Å². The molecule has 0 atom stereocenters. The highest BCUT2D eigenvalue weighted by atomic mass is 127. The smallest absolute Gasteiger partial charge is 0.118 e. The SMILES string of the molecule is COc1ccc(CN(Cc2ccc(OC)cc2)c2cc(Cl)c(I)c(Br)c2)cc1. The zero-order chi connectivity index (χ0) is 20.1. The third-order valence-electron chi connectivity index (χ3n) is 4.40. The van der Waals surface area contributed by atoms with Crippen LogP contribution in [0.4, 0.5) is 5.69 Å². The van der Waals surface area contributed by atoms with Gasteiger partial charge in [0.1, 0.15) is 11.5 Å². The molecule has 0 aliphatic rings. The highest BCUT2D eigenvalue weighted by Gasteiger charge is 2.13. The number of hydrogen-bond donors (Lipinski definition) is 0. The molecular weight excluding hydrogens is 553 g/mol. The van der Waals surface area contributed by atoms with Crippen molar-refractivity contribution in [2.24, 2.45) is 0 Å². The number of methoxy groups -OCH3 is 2. The van der Waals surface area contributed by atoms with Crippen molar-refractivity contribution in [3.05, 3.63) is 84.9 Å². The van der Waals surface area contributed by atoms with Crippen molar-refractivity contribution in [2.45, 2.75) is 13.1 Å². The highest BCUT2D eigenvalue weighted by molar-refractivity contribution is 14.1. The molecule has 0 aromatic heterocycles. The van der Waals surface area contributed by atoms with Crippen LogP contribution in [0.3, 0.4) is 0 Å². The first-order chi connectivity index (χ1) is 13.5. The minimum Gasteiger partial charge on any atom is -0.497 e. The predicted molar refractivity (Wildman–Crippen MR) is 128 cm³/mol. The Balaban J connectivity index is 1.92. The van der Waals surface area contributed by atoms with Gasteiger partial charge < -0.3 is 14.4 Å². The number of rotatable bonds is 7. The van der Waals surface area contributed by atoms with E-state index in [1.54, 1.807) is 14.2 Å². The van der Waals surface area contributed by atoms with E-state index in [1.807, 2.05) is 30.3 Å². The van der Waals surface area contributed by atoms with Gasteiger partial charge in [0.15, 0.2) is 0 Å². The Morgan fingerprint density at radius 1 is 0.857 bits per heavy atom. The van der Waals surface area contributed by atoms with Gasteiger partial charge in [-0.05, 0) is 86.0 Å². The Morgan fingerprint density at radius 2 is 1.32 bits per heavy atom. The fraction of sp³-hybridized carbons (Fsp3) is 0.182. The Kier molecular flexibility index (Phi) is 7.48. The molecule has 0 unspecified atom stereocenters. The summed E-state index contributed by atoms with van der Waals surface area (Å²) in [6.07, 6.45) is 0. The van der Waals surface area contributed by atoms with Crippen molar-refractivity contribution in [1.29, 1.82) is 0 Å². The third kappa shape index (κ3) is 5.33. The Morgan fingerprint density at radius 3 is 1.71 bits per heavy atom. The monoisotopic (exact) mass is 571 g/mol. The number of benzene rings is 3. The lowest BCUT2D eigenvalue weighted by Gasteiger charge is -2.26. The molecule has 0 aliphatic carbocycles. The summed E-state index contributed by atoms with van der Waals surface area (Å²) in [6.45, 7) is 1.50. The van der Waals surface area contributed by atoms with Gasteiger partial charge in [-0.1, -0.05) is 35.9 Å². The van der Waals surface area contributed by atoms with E-state index in [2.05, 4.69) is 73.8 Å². The summed E-state index contributed by atoms with van der Waals surface area (Å²) < 4.78 is 12.5. The molecule has 0 spiro atoms. The van der Waals surface area contributed by atoms with E-state index >= 15 is 0 Å². The molecule has 6 heteroatoms. The van der Waals surface area contributed by atoms with Crippen molar-refractivity contribution < 1.29 is 9.47 Å². The fourth-order valence-corrected chi connectivity index (χ4v) is 3.95. The molecule has 0 fully saturated rings. The molecular formula is C22H20BrClINO2. The van der Waals surface area contributed by atoms with Gasteiger partial charge in [0, 0.05) is 26.8 Å². The van der Waals surface area contributed by atoms with Gasteiger partial charge in [-0.25, -0.2) is 0 Å². The first-order valence-corrected chi connectivity index (χ1v) is 10.9. The van der Waals surface area contributed by atoms with Crippen LogP contribution in [0.5, 0.6) is 11.5 Å². The Labute approximate surface area is 192 Å². The summed E-state index contributed by atoms with van der Waals surface area (Å²) in [7, 11) is 3.35. The maximum Gasteiger partial charge on any atom is 0.118 e. The molecule has 3 nitrogen and oxygen atoms in total. The van der Waals surface area contributed by atoms with E-state index < -0.39 is 0 Å². The summed E-state index contributed by atoms with van der Waals surface area (Å²) in [5.41, 5.74) is 3.45. The summed E-state index contributed by atoms with van der Waals surface area (Å²) in [5, 5.41) is 0.736. The molecule has 3 rings (SSSR count). The van der Waals surface area contributed by atoms with Crippen molar-refractivity contribution in [2.75, 3.05) is 19.1 Å². The van der Waals surface area contributed by atoms with Crippen LogP contribution in [0.1, 0.15) is 11.1 Å². The topological polar surface area (TPSA) is 21.7 Å². The standard InChI is InChI=1S/C22H20BrClINO2/c1-27-18-7-3-15(4-8-18)13-26(14-16-5-9-19(28-2)10-6-16)17-11-20(23)22(25)21(24)12-17/h3-12H,13-14H2,1-2H3. The minimum absolute atomic E-state index is 0.736. The second-order valence-electron chi connectivity index (χ2n) is 6.28. The largest absolute Gasteiger partial charge is 0.497 e. The van der Waals surface area contributed by atoms with Crippen LogP contribution < -0.4 is 14.4 Å². The van der Waals surface area contributed by atoms with Gasteiger partial charge in [-0.2, -0.15) is 0 Å². The van der Waals surface area contributed by atoms with E-state index in [1.165, 1.54) is 11.1 Å². The van der Waals surface area contributed by atoms with E-state index in [0.29, 0.717) is 0 Å². The molecule has 3 aromatic rings. The molecule has 0 bridgehead atoms. The quantitative estimate of drug-likeness (QED) is 0.226. The van der Waals surface area contributed by atoms with Crippen molar-refractivity contribution in [3.8, 4) is 11.5 Å². The van der Waals surface area contributed by atoms with Crippen LogP contribution in [0.15, 0.2) is 65.1 Å². The second-order valence-corrected chi connectivity index (χ2v) is 8.62. The second kappa shape index (κ2) is 9.85. The van der Waals surface area contributed by atoms with Gasteiger partial charge >= 0.3 is 0 Å². The number of ether oxygens (including phenoxy) is 2. The van der Waals surface area contributed by atoms with Crippen LogP contribution in [0.2, 0.25) is 5.02 Å². The lowest BCUT2D eigenvalue weighted by atomic mass is 10.1. The van der Waals surface area contributed by atoms with Crippen LogP contribution in [-0.4, -0.2) is 14.2 Å². The Hall–Kier alpha value is -1.44. The van der Waals surface area contributed by atoms with Crippen LogP contribution in [0, 0.1) is 3.57 Å². The highest BCUT2D eigenvalue weighted by Crippen LogP contribution is 2.33. The minimum atomic E-state index is 0.736. The summed E-state index contributed by atoms with van der Waals surface area (Å²) in [6, 6.07) is 20.4. The molecule has 0 N–H and O–H groups in total. The predicted octanol–water partition coefficient (Wildman–Crippen LogP) is 6.93. The molecule has 0 heterocycles. The molecule has 0 amide bonds. The molecule has 28 heavy (non-hydrogen) atoms. The molecule has 0 saturated carbocycles. The summed E-state index contributed by atoms with van der Waals surface area (Å²) >= 11 is 12.3. The van der Waals surface area contributed by atoms with E-state index in [-0.39, 0.29) is 0 Å². The lowest BCUT2D eigenvalue weighted by molar-refractivity contribution is 0.414. The van der Waals surface area contributed by atoms with E-state index in [9.17, 15) is 0 Å². The maximum absolute atomic E-state index is 6.45. The van der Waals surface area contributed by atoms with Crippen molar-refractivity contribution in [1.82, 2.24) is 0 Å². The van der Waals surface area contributed by atoms with E-state index in [4.69, 9.17) is 21.1 Å². The average molecular weight is 573 g/mol. The zero-order valence-corrected chi connectivity index (χ0v) is 20.1. The fourth-order valence-electron chi connectivity index (χ4n) is 2.87. The number of hydrogen-bond acceptors (Lipinski definition) is 3. The number of halogens is 3. The normalized spacial score (nSPS) is 10.6. The maximum atomic E-state index is 6.45.